The number of nitrogens with zero attached hydrogens (tertiary/aromatic N) is 2. The zero-order valence-corrected chi connectivity index (χ0v) is 15.0. The van der Waals surface area contributed by atoms with Gasteiger partial charge in [0.15, 0.2) is 11.5 Å². The lowest BCUT2D eigenvalue weighted by Gasteiger charge is -2.28. The average Bonchev–Trinajstić information content (AvgIpc) is 2.62. The zero-order chi connectivity index (χ0) is 19.6. The van der Waals surface area contributed by atoms with E-state index in [1.807, 2.05) is 28.9 Å². The average molecular weight is 383 g/mol. The van der Waals surface area contributed by atoms with Crippen molar-refractivity contribution in [3.8, 4) is 11.5 Å². The van der Waals surface area contributed by atoms with Crippen LogP contribution in [-0.4, -0.2) is 35.1 Å². The van der Waals surface area contributed by atoms with E-state index in [0.29, 0.717) is 43.2 Å². The number of nitrogens with one attached hydrogen (secondary N) is 1. The maximum Gasteiger partial charge on any atom is 0.449 e. The van der Waals surface area contributed by atoms with Gasteiger partial charge in [-0.05, 0) is 19.4 Å². The first kappa shape index (κ1) is 19.2. The number of hydrogen-bond donors (Lipinski definition) is 1. The standard InChI is InChI=1S/C18H20F3N3O3/c1-3-27-15-11(5-4-6-14(15)26-2)9-24-8-7-12-13(10-24)22-17(18(19,20)21)23-16(12)25/h4-6H,3,7-10H2,1-2H3,(H,22,23,25). The first-order valence-corrected chi connectivity index (χ1v) is 8.53. The molecule has 0 radical (unpaired) electrons. The van der Waals surface area contributed by atoms with Gasteiger partial charge in [-0.1, -0.05) is 12.1 Å². The van der Waals surface area contributed by atoms with Gasteiger partial charge in [0.25, 0.3) is 5.56 Å². The summed E-state index contributed by atoms with van der Waals surface area (Å²) in [5.74, 6) is -0.0479. The summed E-state index contributed by atoms with van der Waals surface area (Å²) in [6.07, 6.45) is -4.35. The largest absolute Gasteiger partial charge is 0.493 e. The predicted octanol–water partition coefficient (Wildman–Crippen LogP) is 2.75. The molecule has 1 aliphatic heterocycles. The summed E-state index contributed by atoms with van der Waals surface area (Å²) < 4.78 is 49.8. The van der Waals surface area contributed by atoms with Crippen molar-refractivity contribution in [3.05, 3.63) is 51.2 Å². The van der Waals surface area contributed by atoms with Crippen molar-refractivity contribution in [2.45, 2.75) is 32.6 Å². The lowest BCUT2D eigenvalue weighted by molar-refractivity contribution is -0.145. The number of benzene rings is 1. The second kappa shape index (κ2) is 7.59. The van der Waals surface area contributed by atoms with E-state index < -0.39 is 17.6 Å². The van der Waals surface area contributed by atoms with E-state index in [1.165, 1.54) is 0 Å². The van der Waals surface area contributed by atoms with E-state index in [-0.39, 0.29) is 12.2 Å². The van der Waals surface area contributed by atoms with E-state index in [0.717, 1.165) is 5.56 Å². The highest BCUT2D eigenvalue weighted by atomic mass is 19.4. The van der Waals surface area contributed by atoms with Crippen LogP contribution in [0.4, 0.5) is 13.2 Å². The Morgan fingerprint density at radius 2 is 2.11 bits per heavy atom. The van der Waals surface area contributed by atoms with E-state index in [9.17, 15) is 18.0 Å². The van der Waals surface area contributed by atoms with Crippen molar-refractivity contribution in [3.63, 3.8) is 0 Å². The van der Waals surface area contributed by atoms with Gasteiger partial charge in [-0.2, -0.15) is 13.2 Å². The molecule has 0 bridgehead atoms. The number of aromatic amines is 1. The number of rotatable bonds is 5. The van der Waals surface area contributed by atoms with Gasteiger partial charge in [0.05, 0.1) is 19.4 Å². The number of para-hydroxylation sites is 1. The highest BCUT2D eigenvalue weighted by Crippen LogP contribution is 2.33. The van der Waals surface area contributed by atoms with Crippen LogP contribution in [0.3, 0.4) is 0 Å². The molecule has 0 spiro atoms. The number of fused-ring (bicyclic) bond motifs is 1. The molecule has 1 aromatic carbocycles. The lowest BCUT2D eigenvalue weighted by Crippen LogP contribution is -2.36. The van der Waals surface area contributed by atoms with Crippen LogP contribution in [0.1, 0.15) is 29.6 Å². The number of halogens is 3. The van der Waals surface area contributed by atoms with Crippen molar-refractivity contribution in [2.24, 2.45) is 0 Å². The van der Waals surface area contributed by atoms with Crippen LogP contribution < -0.4 is 15.0 Å². The van der Waals surface area contributed by atoms with E-state index in [2.05, 4.69) is 4.98 Å². The second-order valence-electron chi connectivity index (χ2n) is 6.18. The predicted molar refractivity (Wildman–Crippen MR) is 91.8 cm³/mol. The normalized spacial score (nSPS) is 14.7. The molecule has 0 unspecified atom stereocenters. The van der Waals surface area contributed by atoms with Gasteiger partial charge in [0.2, 0.25) is 5.82 Å². The molecular weight excluding hydrogens is 363 g/mol. The van der Waals surface area contributed by atoms with Crippen molar-refractivity contribution in [2.75, 3.05) is 20.3 Å². The molecular formula is C18H20F3N3O3. The van der Waals surface area contributed by atoms with Gasteiger partial charge in [-0.25, -0.2) is 4.98 Å². The van der Waals surface area contributed by atoms with Crippen LogP contribution in [0.25, 0.3) is 0 Å². The minimum absolute atomic E-state index is 0.158. The monoisotopic (exact) mass is 383 g/mol. The molecule has 9 heteroatoms. The summed E-state index contributed by atoms with van der Waals surface area (Å²) >= 11 is 0. The maximum absolute atomic E-state index is 12.9. The summed E-state index contributed by atoms with van der Waals surface area (Å²) in [6, 6.07) is 5.51. The lowest BCUT2D eigenvalue weighted by atomic mass is 10.0. The first-order chi connectivity index (χ1) is 12.8. The molecule has 0 amide bonds. The minimum Gasteiger partial charge on any atom is -0.493 e. The summed E-state index contributed by atoms with van der Waals surface area (Å²) in [5, 5.41) is 0. The molecule has 0 fully saturated rings. The number of methoxy groups -OCH3 is 1. The van der Waals surface area contributed by atoms with Gasteiger partial charge >= 0.3 is 6.18 Å². The van der Waals surface area contributed by atoms with Gasteiger partial charge in [0, 0.05) is 30.8 Å². The summed E-state index contributed by atoms with van der Waals surface area (Å²) in [7, 11) is 1.55. The van der Waals surface area contributed by atoms with Gasteiger partial charge in [0.1, 0.15) is 0 Å². The number of H-pyrrole nitrogens is 1. The Morgan fingerprint density at radius 3 is 2.78 bits per heavy atom. The van der Waals surface area contributed by atoms with Crippen molar-refractivity contribution in [1.29, 1.82) is 0 Å². The van der Waals surface area contributed by atoms with Crippen LogP contribution in [0.5, 0.6) is 11.5 Å². The quantitative estimate of drug-likeness (QED) is 0.860. The third-order valence-electron chi connectivity index (χ3n) is 4.38. The topological polar surface area (TPSA) is 67.5 Å². The molecule has 1 N–H and O–H groups in total. The Hall–Kier alpha value is -2.55. The summed E-state index contributed by atoms with van der Waals surface area (Å²) in [5.41, 5.74) is 0.622. The summed E-state index contributed by atoms with van der Waals surface area (Å²) in [6.45, 7) is 3.46. The molecule has 2 heterocycles. The van der Waals surface area contributed by atoms with Gasteiger partial charge in [-0.3, -0.25) is 9.69 Å². The molecule has 1 aromatic heterocycles. The third-order valence-corrected chi connectivity index (χ3v) is 4.38. The second-order valence-corrected chi connectivity index (χ2v) is 6.18. The molecule has 1 aliphatic rings. The Labute approximate surface area is 153 Å². The highest BCUT2D eigenvalue weighted by Gasteiger charge is 2.36. The zero-order valence-electron chi connectivity index (χ0n) is 15.0. The fraction of sp³-hybridized carbons (Fsp3) is 0.444. The number of alkyl halides is 3. The van der Waals surface area contributed by atoms with Crippen molar-refractivity contribution in [1.82, 2.24) is 14.9 Å². The molecule has 146 valence electrons. The number of aromatic nitrogens is 2. The first-order valence-electron chi connectivity index (χ1n) is 8.53. The van der Waals surface area contributed by atoms with Crippen LogP contribution in [0.2, 0.25) is 0 Å². The van der Waals surface area contributed by atoms with E-state index in [1.54, 1.807) is 13.2 Å². The van der Waals surface area contributed by atoms with Crippen LogP contribution >= 0.6 is 0 Å². The Kier molecular flexibility index (Phi) is 5.41. The number of ether oxygens (including phenoxy) is 2. The van der Waals surface area contributed by atoms with E-state index >= 15 is 0 Å². The van der Waals surface area contributed by atoms with Gasteiger partial charge < -0.3 is 14.5 Å². The molecule has 27 heavy (non-hydrogen) atoms. The Morgan fingerprint density at radius 1 is 1.33 bits per heavy atom. The minimum atomic E-state index is -4.69. The molecule has 2 aromatic rings. The third kappa shape index (κ3) is 4.08. The molecule has 3 rings (SSSR count). The molecule has 0 saturated heterocycles. The van der Waals surface area contributed by atoms with Gasteiger partial charge in [-0.15, -0.1) is 0 Å². The Bertz CT molecular complexity index is 880. The fourth-order valence-corrected chi connectivity index (χ4v) is 3.16. The SMILES string of the molecule is CCOc1c(CN2CCc3c(nc(C(F)(F)F)[nH]c3=O)C2)cccc1OC. The smallest absolute Gasteiger partial charge is 0.449 e. The van der Waals surface area contributed by atoms with Crippen molar-refractivity contribution >= 4 is 0 Å². The van der Waals surface area contributed by atoms with Crippen LogP contribution in [0, 0.1) is 0 Å². The Balaban J connectivity index is 1.87. The molecule has 6 nitrogen and oxygen atoms in total. The molecule has 0 atom stereocenters. The number of hydrogen-bond acceptors (Lipinski definition) is 5. The highest BCUT2D eigenvalue weighted by molar-refractivity contribution is 5.46. The van der Waals surface area contributed by atoms with E-state index in [4.69, 9.17) is 9.47 Å². The summed E-state index contributed by atoms with van der Waals surface area (Å²) in [4.78, 5) is 19.4. The molecule has 0 saturated carbocycles. The fourth-order valence-electron chi connectivity index (χ4n) is 3.16. The van der Waals surface area contributed by atoms with Crippen LogP contribution in [0.15, 0.2) is 23.0 Å². The maximum atomic E-state index is 12.9. The molecule has 0 aliphatic carbocycles. The van der Waals surface area contributed by atoms with Crippen LogP contribution in [-0.2, 0) is 25.7 Å². The van der Waals surface area contributed by atoms with Crippen molar-refractivity contribution < 1.29 is 22.6 Å².